The standard InChI is InChI=1S/C12H15NO5/c1-16-11(17-2)6-13-9-4-3-8(7-14)5-10(9)18-12(13)15/h3-5,11,14H,6-7H2,1-2H3. The lowest BCUT2D eigenvalue weighted by Gasteiger charge is -2.13. The summed E-state index contributed by atoms with van der Waals surface area (Å²) >= 11 is 0. The van der Waals surface area contributed by atoms with Crippen LogP contribution in [0, 0.1) is 0 Å². The van der Waals surface area contributed by atoms with Crippen LogP contribution in [-0.2, 0) is 22.6 Å². The molecule has 1 aromatic carbocycles. The molecule has 2 aromatic rings. The predicted molar refractivity (Wildman–Crippen MR) is 64.2 cm³/mol. The Morgan fingerprint density at radius 2 is 2.11 bits per heavy atom. The van der Waals surface area contributed by atoms with Gasteiger partial charge < -0.3 is 19.0 Å². The normalized spacial score (nSPS) is 11.6. The second-order valence-corrected chi connectivity index (χ2v) is 3.84. The molecule has 0 atom stereocenters. The van der Waals surface area contributed by atoms with Crippen molar-refractivity contribution in [1.82, 2.24) is 4.57 Å². The van der Waals surface area contributed by atoms with Crippen molar-refractivity contribution < 1.29 is 19.0 Å². The molecule has 0 radical (unpaired) electrons. The number of aromatic nitrogens is 1. The number of methoxy groups -OCH3 is 2. The number of hydrogen-bond acceptors (Lipinski definition) is 5. The van der Waals surface area contributed by atoms with Crippen LogP contribution < -0.4 is 5.76 Å². The minimum absolute atomic E-state index is 0.0937. The van der Waals surface area contributed by atoms with Crippen molar-refractivity contribution in [2.45, 2.75) is 19.4 Å². The van der Waals surface area contributed by atoms with Gasteiger partial charge in [-0.05, 0) is 17.7 Å². The highest BCUT2D eigenvalue weighted by Gasteiger charge is 2.14. The van der Waals surface area contributed by atoms with Gasteiger partial charge in [0.2, 0.25) is 0 Å². The van der Waals surface area contributed by atoms with Gasteiger partial charge in [0, 0.05) is 14.2 Å². The average molecular weight is 253 g/mol. The summed E-state index contributed by atoms with van der Waals surface area (Å²) in [5.41, 5.74) is 1.78. The third kappa shape index (κ3) is 2.31. The number of aliphatic hydroxyl groups excluding tert-OH is 1. The van der Waals surface area contributed by atoms with Gasteiger partial charge in [-0.1, -0.05) is 6.07 Å². The second-order valence-electron chi connectivity index (χ2n) is 3.84. The molecule has 0 amide bonds. The Morgan fingerprint density at radius 3 is 2.72 bits per heavy atom. The number of rotatable bonds is 5. The Hall–Kier alpha value is -1.63. The zero-order valence-electron chi connectivity index (χ0n) is 10.3. The maximum atomic E-state index is 11.7. The number of hydrogen-bond donors (Lipinski definition) is 1. The maximum Gasteiger partial charge on any atom is 0.420 e. The molecule has 18 heavy (non-hydrogen) atoms. The van der Waals surface area contributed by atoms with Crippen molar-refractivity contribution in [2.75, 3.05) is 14.2 Å². The summed E-state index contributed by atoms with van der Waals surface area (Å²) in [4.78, 5) is 11.7. The fourth-order valence-electron chi connectivity index (χ4n) is 1.78. The minimum Gasteiger partial charge on any atom is -0.408 e. The molecule has 6 heteroatoms. The molecule has 0 unspecified atom stereocenters. The van der Waals surface area contributed by atoms with E-state index < -0.39 is 12.0 Å². The average Bonchev–Trinajstić information content (AvgIpc) is 2.70. The fourth-order valence-corrected chi connectivity index (χ4v) is 1.78. The predicted octanol–water partition coefficient (Wildman–Crippen LogP) is 0.706. The fraction of sp³-hybridized carbons (Fsp3) is 0.417. The van der Waals surface area contributed by atoms with Gasteiger partial charge in [-0.15, -0.1) is 0 Å². The van der Waals surface area contributed by atoms with E-state index in [2.05, 4.69) is 0 Å². The van der Waals surface area contributed by atoms with Gasteiger partial charge in [-0.2, -0.15) is 0 Å². The van der Waals surface area contributed by atoms with Crippen LogP contribution >= 0.6 is 0 Å². The lowest BCUT2D eigenvalue weighted by Crippen LogP contribution is -2.26. The van der Waals surface area contributed by atoms with Gasteiger partial charge in [0.05, 0.1) is 18.7 Å². The van der Waals surface area contributed by atoms with Gasteiger partial charge in [0.15, 0.2) is 11.9 Å². The van der Waals surface area contributed by atoms with E-state index in [1.807, 2.05) is 0 Å². The van der Waals surface area contributed by atoms with Gasteiger partial charge in [-0.25, -0.2) is 4.79 Å². The topological polar surface area (TPSA) is 73.8 Å². The molecule has 1 heterocycles. The van der Waals surface area contributed by atoms with Crippen LogP contribution in [0.1, 0.15) is 5.56 Å². The van der Waals surface area contributed by atoms with Crippen molar-refractivity contribution in [3.05, 3.63) is 34.3 Å². The molecule has 0 spiro atoms. The molecule has 2 rings (SSSR count). The lowest BCUT2D eigenvalue weighted by atomic mass is 10.2. The molecule has 6 nitrogen and oxygen atoms in total. The molecule has 0 aliphatic heterocycles. The van der Waals surface area contributed by atoms with E-state index in [0.717, 1.165) is 0 Å². The largest absolute Gasteiger partial charge is 0.420 e. The van der Waals surface area contributed by atoms with Crippen molar-refractivity contribution in [3.8, 4) is 0 Å². The zero-order chi connectivity index (χ0) is 13.1. The molecule has 0 aliphatic carbocycles. The Labute approximate surface area is 103 Å². The maximum absolute atomic E-state index is 11.7. The van der Waals surface area contributed by atoms with Crippen LogP contribution in [0.5, 0.6) is 0 Å². The van der Waals surface area contributed by atoms with E-state index in [1.54, 1.807) is 18.2 Å². The third-order valence-corrected chi connectivity index (χ3v) is 2.77. The van der Waals surface area contributed by atoms with Crippen molar-refractivity contribution >= 4 is 11.1 Å². The van der Waals surface area contributed by atoms with E-state index in [9.17, 15) is 4.79 Å². The van der Waals surface area contributed by atoms with E-state index >= 15 is 0 Å². The lowest BCUT2D eigenvalue weighted by molar-refractivity contribution is -0.111. The highest BCUT2D eigenvalue weighted by Crippen LogP contribution is 2.16. The van der Waals surface area contributed by atoms with Crippen LogP contribution in [0.2, 0.25) is 0 Å². The molecule has 0 aliphatic rings. The Kier molecular flexibility index (Phi) is 3.81. The van der Waals surface area contributed by atoms with E-state index in [0.29, 0.717) is 16.7 Å². The van der Waals surface area contributed by atoms with Crippen LogP contribution in [0.4, 0.5) is 0 Å². The molecule has 1 N–H and O–H groups in total. The van der Waals surface area contributed by atoms with Gasteiger partial charge in [0.1, 0.15) is 0 Å². The summed E-state index contributed by atoms with van der Waals surface area (Å²) in [6.45, 7) is 0.154. The highest BCUT2D eigenvalue weighted by atomic mass is 16.7. The first-order valence-corrected chi connectivity index (χ1v) is 5.48. The first-order valence-electron chi connectivity index (χ1n) is 5.48. The van der Waals surface area contributed by atoms with Crippen LogP contribution in [0.25, 0.3) is 11.1 Å². The summed E-state index contributed by atoms with van der Waals surface area (Å²) in [5, 5.41) is 9.03. The van der Waals surface area contributed by atoms with Gasteiger partial charge in [0.25, 0.3) is 0 Å². The first kappa shape index (κ1) is 12.8. The van der Waals surface area contributed by atoms with Crippen LogP contribution in [-0.4, -0.2) is 30.2 Å². The molecule has 98 valence electrons. The van der Waals surface area contributed by atoms with Gasteiger partial charge >= 0.3 is 5.76 Å². The number of ether oxygens (including phenoxy) is 2. The first-order chi connectivity index (χ1) is 8.69. The number of aliphatic hydroxyl groups is 1. The second kappa shape index (κ2) is 5.34. The van der Waals surface area contributed by atoms with Crippen molar-refractivity contribution in [2.24, 2.45) is 0 Å². The SMILES string of the molecule is COC(Cn1c(=O)oc2cc(CO)ccc21)OC. The molecule has 0 bridgehead atoms. The summed E-state index contributed by atoms with van der Waals surface area (Å²) in [7, 11) is 3.01. The summed E-state index contributed by atoms with van der Waals surface area (Å²) in [5.74, 6) is -0.473. The summed E-state index contributed by atoms with van der Waals surface area (Å²) in [6, 6.07) is 5.11. The smallest absolute Gasteiger partial charge is 0.408 e. The molecule has 1 aromatic heterocycles. The molecule has 0 saturated carbocycles. The highest BCUT2D eigenvalue weighted by molar-refractivity contribution is 5.73. The monoisotopic (exact) mass is 253 g/mol. The van der Waals surface area contributed by atoms with Gasteiger partial charge in [-0.3, -0.25) is 4.57 Å². The Morgan fingerprint density at radius 1 is 1.39 bits per heavy atom. The number of fused-ring (bicyclic) bond motifs is 1. The number of oxazole rings is 1. The van der Waals surface area contributed by atoms with E-state index in [-0.39, 0.29) is 13.2 Å². The Bertz CT molecular complexity index is 582. The zero-order valence-corrected chi connectivity index (χ0v) is 10.3. The molecular weight excluding hydrogens is 238 g/mol. The number of nitrogens with zero attached hydrogens (tertiary/aromatic N) is 1. The van der Waals surface area contributed by atoms with Crippen LogP contribution in [0.15, 0.2) is 27.4 Å². The Balaban J connectivity index is 2.44. The van der Waals surface area contributed by atoms with Crippen LogP contribution in [0.3, 0.4) is 0 Å². The van der Waals surface area contributed by atoms with Crippen molar-refractivity contribution in [3.63, 3.8) is 0 Å². The summed E-state index contributed by atoms with van der Waals surface area (Å²) in [6.07, 6.45) is -0.513. The summed E-state index contributed by atoms with van der Waals surface area (Å²) < 4.78 is 16.7. The quantitative estimate of drug-likeness (QED) is 0.794. The molecule has 0 fully saturated rings. The third-order valence-electron chi connectivity index (χ3n) is 2.77. The van der Waals surface area contributed by atoms with E-state index in [1.165, 1.54) is 18.8 Å². The molecular formula is C12H15NO5. The number of benzene rings is 1. The minimum atomic E-state index is -0.513. The van der Waals surface area contributed by atoms with E-state index in [4.69, 9.17) is 19.0 Å². The molecule has 0 saturated heterocycles. The van der Waals surface area contributed by atoms with Crippen molar-refractivity contribution in [1.29, 1.82) is 0 Å².